The van der Waals surface area contributed by atoms with Gasteiger partial charge in [0.05, 0.1) is 0 Å². The van der Waals surface area contributed by atoms with E-state index in [-0.39, 0.29) is 5.91 Å². The number of halogens is 1. The van der Waals surface area contributed by atoms with E-state index in [0.717, 1.165) is 29.1 Å². The van der Waals surface area contributed by atoms with E-state index in [9.17, 15) is 9.59 Å². The molecule has 0 fully saturated rings. The third kappa shape index (κ3) is 6.99. The predicted molar refractivity (Wildman–Crippen MR) is 83.4 cm³/mol. The topological polar surface area (TPSA) is 81.4 Å². The number of primary amides is 1. The zero-order valence-electron chi connectivity index (χ0n) is 12.5. The van der Waals surface area contributed by atoms with Crippen LogP contribution in [-0.4, -0.2) is 17.6 Å². The van der Waals surface area contributed by atoms with Crippen LogP contribution in [0.2, 0.25) is 5.02 Å². The van der Waals surface area contributed by atoms with Gasteiger partial charge >= 0.3 is 6.09 Å². The van der Waals surface area contributed by atoms with Crippen LogP contribution in [0.25, 0.3) is 0 Å². The zero-order valence-corrected chi connectivity index (χ0v) is 13.3. The lowest BCUT2D eigenvalue weighted by Gasteiger charge is -2.16. The molecule has 3 N–H and O–H groups in total. The van der Waals surface area contributed by atoms with Crippen molar-refractivity contribution in [2.45, 2.75) is 45.6 Å². The lowest BCUT2D eigenvalue weighted by Crippen LogP contribution is -2.27. The molecule has 1 aliphatic rings. The number of benzene rings is 1. The summed E-state index contributed by atoms with van der Waals surface area (Å²) in [5.74, 6) is 0.0982. The average Bonchev–Trinajstić information content (AvgIpc) is 2.47. The molecule has 21 heavy (non-hydrogen) atoms. The molecule has 116 valence electrons. The van der Waals surface area contributed by atoms with Crippen molar-refractivity contribution in [2.24, 2.45) is 5.73 Å². The highest BCUT2D eigenvalue weighted by Crippen LogP contribution is 2.24. The maximum absolute atomic E-state index is 11.2. The van der Waals surface area contributed by atoms with Gasteiger partial charge in [-0.15, -0.1) is 0 Å². The van der Waals surface area contributed by atoms with Gasteiger partial charge in [-0.3, -0.25) is 4.79 Å². The number of fused-ring (bicyclic) bond motifs is 1. The van der Waals surface area contributed by atoms with Gasteiger partial charge in [0, 0.05) is 17.1 Å². The van der Waals surface area contributed by atoms with E-state index in [0.29, 0.717) is 6.42 Å². The summed E-state index contributed by atoms with van der Waals surface area (Å²) in [7, 11) is 0. The molecule has 2 rings (SSSR count). The van der Waals surface area contributed by atoms with Crippen LogP contribution in [-0.2, 0) is 16.0 Å². The monoisotopic (exact) mass is 312 g/mol. The van der Waals surface area contributed by atoms with Crippen molar-refractivity contribution in [1.29, 1.82) is 0 Å². The summed E-state index contributed by atoms with van der Waals surface area (Å²) in [5, 5.41) is 3.58. The molecule has 2 amide bonds. The Bertz CT molecular complexity index is 524. The van der Waals surface area contributed by atoms with Gasteiger partial charge in [-0.1, -0.05) is 11.6 Å². The van der Waals surface area contributed by atoms with Crippen LogP contribution in [0.5, 0.6) is 0 Å². The minimum atomic E-state index is -0.725. The van der Waals surface area contributed by atoms with E-state index in [1.807, 2.05) is 12.1 Å². The number of rotatable bonds is 0. The first-order valence-corrected chi connectivity index (χ1v) is 7.12. The maximum atomic E-state index is 11.2. The second-order valence-electron chi connectivity index (χ2n) is 5.74. The van der Waals surface area contributed by atoms with E-state index in [1.54, 1.807) is 26.8 Å². The minimum Gasteiger partial charge on any atom is -0.444 e. The van der Waals surface area contributed by atoms with Crippen LogP contribution in [0.1, 0.15) is 39.2 Å². The van der Waals surface area contributed by atoms with E-state index < -0.39 is 11.7 Å². The molecule has 0 aromatic heterocycles. The summed E-state index contributed by atoms with van der Waals surface area (Å²) in [6, 6.07) is 5.58. The number of hydrogen-bond donors (Lipinski definition) is 2. The molecule has 5 nitrogen and oxygen atoms in total. The lowest BCUT2D eigenvalue weighted by molar-refractivity contribution is -0.116. The molecular formula is C15H21ClN2O3. The highest BCUT2D eigenvalue weighted by Gasteiger charge is 2.13. The number of ether oxygens (including phenoxy) is 1. The summed E-state index contributed by atoms with van der Waals surface area (Å²) < 4.78 is 4.58. The van der Waals surface area contributed by atoms with Crippen molar-refractivity contribution in [1.82, 2.24) is 0 Å². The fraction of sp³-hybridized carbons (Fsp3) is 0.467. The van der Waals surface area contributed by atoms with Gasteiger partial charge < -0.3 is 15.8 Å². The van der Waals surface area contributed by atoms with Crippen LogP contribution in [0.4, 0.5) is 10.5 Å². The molecule has 1 heterocycles. The van der Waals surface area contributed by atoms with E-state index in [4.69, 9.17) is 17.3 Å². The molecule has 0 bridgehead atoms. The van der Waals surface area contributed by atoms with Crippen molar-refractivity contribution < 1.29 is 14.3 Å². The quantitative estimate of drug-likeness (QED) is 0.769. The van der Waals surface area contributed by atoms with Crippen molar-refractivity contribution in [3.8, 4) is 0 Å². The van der Waals surface area contributed by atoms with Crippen LogP contribution < -0.4 is 11.1 Å². The van der Waals surface area contributed by atoms with Crippen LogP contribution in [0.15, 0.2) is 18.2 Å². The smallest absolute Gasteiger partial charge is 0.405 e. The Kier molecular flexibility index (Phi) is 6.03. The highest BCUT2D eigenvalue weighted by atomic mass is 35.5. The number of amides is 2. The predicted octanol–water partition coefficient (Wildman–Crippen LogP) is 3.50. The second kappa shape index (κ2) is 7.31. The van der Waals surface area contributed by atoms with E-state index >= 15 is 0 Å². The number of carbonyl (C=O) groups is 2. The van der Waals surface area contributed by atoms with Gasteiger partial charge in [0.25, 0.3) is 0 Å². The molecule has 0 unspecified atom stereocenters. The van der Waals surface area contributed by atoms with Crippen molar-refractivity contribution in [3.05, 3.63) is 28.8 Å². The molecule has 6 heteroatoms. The van der Waals surface area contributed by atoms with Crippen LogP contribution >= 0.6 is 11.6 Å². The Morgan fingerprint density at radius 3 is 2.52 bits per heavy atom. The molecule has 0 saturated heterocycles. The minimum absolute atomic E-state index is 0.0982. The Morgan fingerprint density at radius 2 is 2.00 bits per heavy atom. The summed E-state index contributed by atoms with van der Waals surface area (Å²) in [6.07, 6.45) is 1.71. The normalized spacial score (nSPS) is 14.0. The van der Waals surface area contributed by atoms with Gasteiger partial charge in [-0.2, -0.15) is 0 Å². The average molecular weight is 313 g/mol. The van der Waals surface area contributed by atoms with Crippen molar-refractivity contribution in [2.75, 3.05) is 5.32 Å². The van der Waals surface area contributed by atoms with E-state index in [2.05, 4.69) is 10.1 Å². The number of hydrogen-bond acceptors (Lipinski definition) is 3. The van der Waals surface area contributed by atoms with Crippen molar-refractivity contribution >= 4 is 29.3 Å². The summed E-state index contributed by atoms with van der Waals surface area (Å²) in [5.41, 5.74) is 6.31. The zero-order chi connectivity index (χ0) is 16.0. The summed E-state index contributed by atoms with van der Waals surface area (Å²) >= 11 is 5.85. The standard InChI is InChI=1S/C10H10ClNO.C5H11NO2/c11-8-4-5-9-7(6-8)2-1-3-10(13)12-9;1-5(2,3)8-4(6)7/h4-6H,1-3H2,(H,12,13);1-3H3,(H2,6,7). The van der Waals surface area contributed by atoms with E-state index in [1.165, 1.54) is 0 Å². The number of nitrogens with one attached hydrogen (secondary N) is 1. The first-order valence-electron chi connectivity index (χ1n) is 6.74. The number of carbonyl (C=O) groups excluding carboxylic acids is 2. The van der Waals surface area contributed by atoms with Crippen LogP contribution in [0, 0.1) is 0 Å². The third-order valence-electron chi connectivity index (χ3n) is 2.60. The SMILES string of the molecule is CC(C)(C)OC(N)=O.O=C1CCCc2cc(Cl)ccc2N1. The first-order chi connectivity index (χ1) is 9.67. The molecule has 0 atom stereocenters. The maximum Gasteiger partial charge on any atom is 0.405 e. The third-order valence-corrected chi connectivity index (χ3v) is 2.83. The fourth-order valence-electron chi connectivity index (χ4n) is 1.84. The lowest BCUT2D eigenvalue weighted by atomic mass is 10.1. The molecule has 0 radical (unpaired) electrons. The Balaban J connectivity index is 0.000000240. The van der Waals surface area contributed by atoms with Gasteiger partial charge in [-0.05, 0) is 57.4 Å². The molecule has 1 aromatic rings. The second-order valence-corrected chi connectivity index (χ2v) is 6.17. The number of aryl methyl sites for hydroxylation is 1. The highest BCUT2D eigenvalue weighted by molar-refractivity contribution is 6.30. The molecule has 1 aromatic carbocycles. The Hall–Kier alpha value is -1.75. The van der Waals surface area contributed by atoms with Gasteiger partial charge in [0.15, 0.2) is 0 Å². The molecule has 1 aliphatic heterocycles. The summed E-state index contributed by atoms with van der Waals surface area (Å²) in [6.45, 7) is 5.28. The van der Waals surface area contributed by atoms with Gasteiger partial charge in [0.2, 0.25) is 5.91 Å². The largest absolute Gasteiger partial charge is 0.444 e. The van der Waals surface area contributed by atoms with Crippen LogP contribution in [0.3, 0.4) is 0 Å². The van der Waals surface area contributed by atoms with Gasteiger partial charge in [0.1, 0.15) is 5.60 Å². The first kappa shape index (κ1) is 17.3. The van der Waals surface area contributed by atoms with Crippen molar-refractivity contribution in [3.63, 3.8) is 0 Å². The molecule has 0 saturated carbocycles. The number of anilines is 1. The molecule has 0 spiro atoms. The molecule has 0 aliphatic carbocycles. The molecular weight excluding hydrogens is 292 g/mol. The Labute approximate surface area is 129 Å². The fourth-order valence-corrected chi connectivity index (χ4v) is 2.04. The summed E-state index contributed by atoms with van der Waals surface area (Å²) in [4.78, 5) is 21.2. The number of nitrogens with two attached hydrogens (primary N) is 1. The van der Waals surface area contributed by atoms with Gasteiger partial charge in [-0.25, -0.2) is 4.79 Å². The Morgan fingerprint density at radius 1 is 1.33 bits per heavy atom.